The van der Waals surface area contributed by atoms with E-state index in [1.165, 1.54) is 4.90 Å². The summed E-state index contributed by atoms with van der Waals surface area (Å²) in [5, 5.41) is 5.18. The van der Waals surface area contributed by atoms with Gasteiger partial charge in [0.05, 0.1) is 11.5 Å². The maximum atomic E-state index is 12.2. The lowest BCUT2D eigenvalue weighted by atomic mass is 10.3. The van der Waals surface area contributed by atoms with E-state index in [0.717, 1.165) is 0 Å². The van der Waals surface area contributed by atoms with Gasteiger partial charge in [-0.1, -0.05) is 18.2 Å². The average molecular weight is 325 g/mol. The zero-order chi connectivity index (χ0) is 16.2. The quantitative estimate of drug-likeness (QED) is 0.843. The van der Waals surface area contributed by atoms with Crippen LogP contribution in [0.15, 0.2) is 30.3 Å². The van der Waals surface area contributed by atoms with E-state index < -0.39 is 21.9 Å². The van der Waals surface area contributed by atoms with Gasteiger partial charge < -0.3 is 15.5 Å². The molecule has 1 aliphatic heterocycles. The van der Waals surface area contributed by atoms with E-state index in [9.17, 15) is 18.0 Å². The molecule has 8 heteroatoms. The van der Waals surface area contributed by atoms with Crippen LogP contribution in [0.4, 0.5) is 10.5 Å². The number of anilines is 1. The van der Waals surface area contributed by atoms with Crippen molar-refractivity contribution in [2.45, 2.75) is 13.0 Å². The van der Waals surface area contributed by atoms with Crippen molar-refractivity contribution in [3.05, 3.63) is 30.3 Å². The largest absolute Gasteiger partial charge is 0.339 e. The molecule has 22 heavy (non-hydrogen) atoms. The molecule has 7 nitrogen and oxygen atoms in total. The van der Waals surface area contributed by atoms with E-state index in [1.807, 2.05) is 6.07 Å². The number of amides is 3. The monoisotopic (exact) mass is 325 g/mol. The molecule has 2 N–H and O–H groups in total. The molecule has 1 fully saturated rings. The summed E-state index contributed by atoms with van der Waals surface area (Å²) in [6.45, 7) is 1.93. The Balaban J connectivity index is 1.85. The molecule has 120 valence electrons. The number of hydrogen-bond donors (Lipinski definition) is 2. The maximum absolute atomic E-state index is 12.2. The summed E-state index contributed by atoms with van der Waals surface area (Å²) < 4.78 is 22.7. The fourth-order valence-electron chi connectivity index (χ4n) is 2.15. The van der Waals surface area contributed by atoms with Crippen molar-refractivity contribution in [1.82, 2.24) is 10.2 Å². The van der Waals surface area contributed by atoms with E-state index in [4.69, 9.17) is 0 Å². The maximum Gasteiger partial charge on any atom is 0.319 e. The molecule has 0 saturated carbocycles. The lowest BCUT2D eigenvalue weighted by Gasteiger charge is -2.29. The van der Waals surface area contributed by atoms with Crippen molar-refractivity contribution < 1.29 is 18.0 Å². The molecule has 0 bridgehead atoms. The van der Waals surface area contributed by atoms with Gasteiger partial charge in [0.1, 0.15) is 6.04 Å². The molecule has 3 amide bonds. The van der Waals surface area contributed by atoms with E-state index in [-0.39, 0.29) is 30.5 Å². The average Bonchev–Trinajstić information content (AvgIpc) is 2.47. The molecule has 0 radical (unpaired) electrons. The molecule has 1 aromatic carbocycles. The van der Waals surface area contributed by atoms with Crippen LogP contribution in [0.25, 0.3) is 0 Å². The molecular weight excluding hydrogens is 306 g/mol. The van der Waals surface area contributed by atoms with Gasteiger partial charge in [-0.15, -0.1) is 0 Å². The summed E-state index contributed by atoms with van der Waals surface area (Å²) in [7, 11) is -3.03. The second-order valence-corrected chi connectivity index (χ2v) is 7.47. The van der Waals surface area contributed by atoms with Crippen LogP contribution in [0.1, 0.15) is 6.92 Å². The van der Waals surface area contributed by atoms with Gasteiger partial charge in [0, 0.05) is 18.8 Å². The summed E-state index contributed by atoms with van der Waals surface area (Å²) >= 11 is 0. The van der Waals surface area contributed by atoms with Crippen LogP contribution in [-0.4, -0.2) is 55.9 Å². The van der Waals surface area contributed by atoms with E-state index in [2.05, 4.69) is 10.6 Å². The fraction of sp³-hybridized carbons (Fsp3) is 0.429. The van der Waals surface area contributed by atoms with Crippen LogP contribution in [-0.2, 0) is 14.6 Å². The van der Waals surface area contributed by atoms with Crippen molar-refractivity contribution in [1.29, 1.82) is 0 Å². The number of carbonyl (C=O) groups excluding carboxylic acids is 2. The van der Waals surface area contributed by atoms with Gasteiger partial charge in [-0.25, -0.2) is 13.2 Å². The molecule has 1 saturated heterocycles. The molecule has 0 unspecified atom stereocenters. The molecule has 0 spiro atoms. The lowest BCUT2D eigenvalue weighted by molar-refractivity contribution is -0.132. The number of carbonyl (C=O) groups is 2. The molecule has 1 atom stereocenters. The van der Waals surface area contributed by atoms with Crippen LogP contribution in [0.2, 0.25) is 0 Å². The second kappa shape index (κ2) is 6.78. The molecule has 2 rings (SSSR count). The zero-order valence-electron chi connectivity index (χ0n) is 12.3. The predicted octanol–water partition coefficient (Wildman–Crippen LogP) is 0.454. The second-order valence-electron chi connectivity index (χ2n) is 5.16. The van der Waals surface area contributed by atoms with E-state index in [0.29, 0.717) is 5.69 Å². The first-order chi connectivity index (χ1) is 10.4. The van der Waals surface area contributed by atoms with E-state index >= 15 is 0 Å². The third kappa shape index (κ3) is 4.45. The van der Waals surface area contributed by atoms with Crippen LogP contribution >= 0.6 is 0 Å². The molecule has 0 aromatic heterocycles. The van der Waals surface area contributed by atoms with Crippen molar-refractivity contribution in [3.8, 4) is 0 Å². The predicted molar refractivity (Wildman–Crippen MR) is 83.3 cm³/mol. The Morgan fingerprint density at radius 3 is 2.32 bits per heavy atom. The number of benzene rings is 1. The summed E-state index contributed by atoms with van der Waals surface area (Å²) in [6.07, 6.45) is 0. The first kappa shape index (κ1) is 16.3. The lowest BCUT2D eigenvalue weighted by Crippen LogP contribution is -2.52. The summed E-state index contributed by atoms with van der Waals surface area (Å²) in [5.41, 5.74) is 0.628. The highest BCUT2D eigenvalue weighted by Crippen LogP contribution is 2.07. The normalized spacial score (nSPS) is 18.3. The fourth-order valence-corrected chi connectivity index (χ4v) is 3.35. The number of hydrogen-bond acceptors (Lipinski definition) is 4. The number of rotatable bonds is 3. The minimum absolute atomic E-state index is 0.0261. The summed E-state index contributed by atoms with van der Waals surface area (Å²) in [6, 6.07) is 7.70. The third-order valence-electron chi connectivity index (χ3n) is 3.41. The Labute approximate surface area is 129 Å². The number of nitrogens with one attached hydrogen (secondary N) is 2. The number of urea groups is 1. The molecule has 1 heterocycles. The van der Waals surface area contributed by atoms with Crippen LogP contribution in [0, 0.1) is 0 Å². The topological polar surface area (TPSA) is 95.6 Å². The summed E-state index contributed by atoms with van der Waals surface area (Å²) in [4.78, 5) is 25.5. The molecule has 1 aliphatic rings. The van der Waals surface area contributed by atoms with Crippen LogP contribution in [0.3, 0.4) is 0 Å². The van der Waals surface area contributed by atoms with E-state index in [1.54, 1.807) is 31.2 Å². The smallest absolute Gasteiger partial charge is 0.319 e. The highest BCUT2D eigenvalue weighted by molar-refractivity contribution is 7.91. The Morgan fingerprint density at radius 1 is 1.14 bits per heavy atom. The first-order valence-electron chi connectivity index (χ1n) is 6.99. The highest BCUT2D eigenvalue weighted by Gasteiger charge is 2.28. The molecule has 0 aliphatic carbocycles. The van der Waals surface area contributed by atoms with Gasteiger partial charge in [0.15, 0.2) is 9.84 Å². The molecule has 1 aromatic rings. The minimum Gasteiger partial charge on any atom is -0.339 e. The standard InChI is InChI=1S/C14H19N3O4S/c1-11(13(18)17-7-9-22(20,21)10-8-17)15-14(19)16-12-5-3-2-4-6-12/h2-6,11H,7-10H2,1H3,(H2,15,16,19)/t11-/m1/s1. The number of sulfone groups is 1. The van der Waals surface area contributed by atoms with Gasteiger partial charge in [0.2, 0.25) is 5.91 Å². The van der Waals surface area contributed by atoms with Gasteiger partial charge in [-0.3, -0.25) is 4.79 Å². The van der Waals surface area contributed by atoms with Gasteiger partial charge in [-0.2, -0.15) is 0 Å². The van der Waals surface area contributed by atoms with Gasteiger partial charge >= 0.3 is 6.03 Å². The van der Waals surface area contributed by atoms with Crippen molar-refractivity contribution in [2.75, 3.05) is 29.9 Å². The van der Waals surface area contributed by atoms with Crippen LogP contribution < -0.4 is 10.6 Å². The Hall–Kier alpha value is -2.09. The van der Waals surface area contributed by atoms with Crippen LogP contribution in [0.5, 0.6) is 0 Å². The number of para-hydroxylation sites is 1. The van der Waals surface area contributed by atoms with Crippen molar-refractivity contribution >= 4 is 27.5 Å². The Bertz CT molecular complexity index is 631. The van der Waals surface area contributed by atoms with Gasteiger partial charge in [0.25, 0.3) is 0 Å². The summed E-state index contributed by atoms with van der Waals surface area (Å²) in [5.74, 6) is -0.332. The minimum atomic E-state index is -3.03. The Kier molecular flexibility index (Phi) is 5.02. The molecular formula is C14H19N3O4S. The van der Waals surface area contributed by atoms with Gasteiger partial charge in [-0.05, 0) is 19.1 Å². The first-order valence-corrected chi connectivity index (χ1v) is 8.81. The third-order valence-corrected chi connectivity index (χ3v) is 5.01. The highest BCUT2D eigenvalue weighted by atomic mass is 32.2. The van der Waals surface area contributed by atoms with Crippen molar-refractivity contribution in [3.63, 3.8) is 0 Å². The SMILES string of the molecule is C[C@@H](NC(=O)Nc1ccccc1)C(=O)N1CCS(=O)(=O)CC1. The zero-order valence-corrected chi connectivity index (χ0v) is 13.1. The number of nitrogens with zero attached hydrogens (tertiary/aromatic N) is 1. The van der Waals surface area contributed by atoms with Crippen molar-refractivity contribution in [2.24, 2.45) is 0 Å². The Morgan fingerprint density at radius 2 is 1.73 bits per heavy atom.